The molecule has 1 aliphatic carbocycles. The van der Waals surface area contributed by atoms with Crippen molar-refractivity contribution in [3.63, 3.8) is 0 Å². The molecule has 1 aliphatic rings. The summed E-state index contributed by atoms with van der Waals surface area (Å²) >= 11 is 14.7. The van der Waals surface area contributed by atoms with Crippen LogP contribution >= 0.6 is 51.9 Å². The molecule has 0 radical (unpaired) electrons. The molecule has 4 N–H and O–H groups in total. The van der Waals surface area contributed by atoms with E-state index in [1.165, 1.54) is 36.8 Å². The molecule has 1 amide bonds. The van der Waals surface area contributed by atoms with Crippen LogP contribution < -0.4 is 11.1 Å². The molecule has 216 valence electrons. The number of rotatable bonds is 4. The molecule has 0 bridgehead atoms. The van der Waals surface area contributed by atoms with Gasteiger partial charge in [-0.1, -0.05) is 27.5 Å². The number of pyridine rings is 1. The Morgan fingerprint density at radius 3 is 2.52 bits per heavy atom. The Morgan fingerprint density at radius 2 is 1.88 bits per heavy atom. The number of thioether (sulfide) groups is 1. The fourth-order valence-electron chi connectivity index (χ4n) is 4.66. The Kier molecular flexibility index (Phi) is 11.9. The average molecular weight is 676 g/mol. The number of fused-ring (bicyclic) bond motifs is 2. The van der Waals surface area contributed by atoms with Crippen LogP contribution in [0, 0.1) is 5.92 Å². The molecule has 5 nitrogen and oxygen atoms in total. The maximum Gasteiger partial charge on any atom is 0.433 e. The van der Waals surface area contributed by atoms with E-state index < -0.39 is 11.9 Å². The van der Waals surface area contributed by atoms with Gasteiger partial charge in [0.2, 0.25) is 0 Å². The number of aromatic amines is 1. The quantitative estimate of drug-likeness (QED) is 0.163. The molecule has 1 fully saturated rings. The first-order valence-electron chi connectivity index (χ1n) is 12.5. The summed E-state index contributed by atoms with van der Waals surface area (Å²) in [5, 5.41) is 5.10. The van der Waals surface area contributed by atoms with Gasteiger partial charge in [0.05, 0.1) is 16.6 Å². The molecule has 2 aromatic carbocycles. The third kappa shape index (κ3) is 8.47. The van der Waals surface area contributed by atoms with E-state index in [1.807, 2.05) is 36.2 Å². The number of hydrogen-bond donors (Lipinski definition) is 4. The number of thiol groups is 1. The second kappa shape index (κ2) is 14.7. The number of carbonyl (C=O) groups excluding carboxylic acids is 1. The number of amides is 1. The van der Waals surface area contributed by atoms with Gasteiger partial charge in [0.15, 0.2) is 0 Å². The standard InChI is InChI=1S/C17H21BrN2OS.C10H6ClF3N2.CH4S/c1-22-10-11-2-4-14(5-3-11)20-17(21)15-9-13(18)8-12-6-7-19-16(12)15;11-5-1-2-8-6(3-5)7(15)4-9(16-8)10(12,13)14;1-2/h6-9,11,14,19H,2-5,10H2,1H3,(H,20,21);1-4H,(H2,15,16);2H,1H3. The van der Waals surface area contributed by atoms with Gasteiger partial charge in [0.25, 0.3) is 5.91 Å². The number of nitrogens with one attached hydrogen (secondary N) is 2. The molecule has 0 atom stereocenters. The number of aromatic nitrogens is 2. The highest BCUT2D eigenvalue weighted by Crippen LogP contribution is 2.33. The molecule has 40 heavy (non-hydrogen) atoms. The molecule has 2 aromatic heterocycles. The van der Waals surface area contributed by atoms with Crippen LogP contribution in [0.3, 0.4) is 0 Å². The van der Waals surface area contributed by atoms with Crippen molar-refractivity contribution in [1.29, 1.82) is 0 Å². The molecule has 4 aromatic rings. The molecule has 5 rings (SSSR count). The zero-order valence-corrected chi connectivity index (χ0v) is 26.0. The average Bonchev–Trinajstić information content (AvgIpc) is 3.39. The lowest BCUT2D eigenvalue weighted by molar-refractivity contribution is -0.140. The number of nitrogens with two attached hydrogens (primary N) is 1. The first-order valence-corrected chi connectivity index (χ1v) is 15.9. The number of alkyl halides is 3. The molecule has 2 heterocycles. The predicted molar refractivity (Wildman–Crippen MR) is 169 cm³/mol. The summed E-state index contributed by atoms with van der Waals surface area (Å²) in [4.78, 5) is 19.3. The van der Waals surface area contributed by atoms with E-state index in [1.54, 1.807) is 6.26 Å². The van der Waals surface area contributed by atoms with Crippen molar-refractivity contribution in [1.82, 2.24) is 15.3 Å². The monoisotopic (exact) mass is 674 g/mol. The van der Waals surface area contributed by atoms with Crippen LogP contribution in [0.5, 0.6) is 0 Å². The summed E-state index contributed by atoms with van der Waals surface area (Å²) in [5.41, 5.74) is 6.35. The molecule has 0 unspecified atom stereocenters. The van der Waals surface area contributed by atoms with Crippen molar-refractivity contribution >= 4 is 85.3 Å². The maximum atomic E-state index is 12.6. The van der Waals surface area contributed by atoms with E-state index in [2.05, 4.69) is 50.1 Å². The van der Waals surface area contributed by atoms with Gasteiger partial charge in [-0.05, 0) is 92.3 Å². The Morgan fingerprint density at radius 1 is 1.18 bits per heavy atom. The van der Waals surface area contributed by atoms with Gasteiger partial charge in [-0.2, -0.15) is 37.6 Å². The molecule has 0 saturated heterocycles. The number of anilines is 1. The van der Waals surface area contributed by atoms with Crippen LogP contribution in [0.2, 0.25) is 5.02 Å². The van der Waals surface area contributed by atoms with Crippen molar-refractivity contribution in [3.05, 3.63) is 69.4 Å². The van der Waals surface area contributed by atoms with Gasteiger partial charge in [-0.15, -0.1) is 0 Å². The highest BCUT2D eigenvalue weighted by atomic mass is 79.9. The van der Waals surface area contributed by atoms with Gasteiger partial charge in [0.1, 0.15) is 5.69 Å². The fourth-order valence-corrected chi connectivity index (χ4v) is 6.11. The van der Waals surface area contributed by atoms with E-state index in [0.29, 0.717) is 16.5 Å². The van der Waals surface area contributed by atoms with E-state index in [9.17, 15) is 18.0 Å². The van der Waals surface area contributed by atoms with E-state index in [-0.39, 0.29) is 17.1 Å². The maximum absolute atomic E-state index is 12.6. The molecule has 12 heteroatoms. The highest BCUT2D eigenvalue weighted by Gasteiger charge is 2.33. The van der Waals surface area contributed by atoms with Crippen molar-refractivity contribution in [3.8, 4) is 0 Å². The number of nitrogen functional groups attached to an aromatic ring is 1. The summed E-state index contributed by atoms with van der Waals surface area (Å²) in [6.07, 6.45) is 5.88. The lowest BCUT2D eigenvalue weighted by atomic mass is 9.87. The predicted octanol–water partition coefficient (Wildman–Crippen LogP) is 8.62. The molecular weight excluding hydrogens is 645 g/mol. The third-order valence-corrected chi connectivity index (χ3v) is 8.04. The summed E-state index contributed by atoms with van der Waals surface area (Å²) in [6, 6.07) is 11.4. The van der Waals surface area contributed by atoms with Gasteiger partial charge < -0.3 is 16.0 Å². The zero-order valence-electron chi connectivity index (χ0n) is 22.0. The number of nitrogens with zero attached hydrogens (tertiary/aromatic N) is 1. The number of halogens is 5. The van der Waals surface area contributed by atoms with Crippen LogP contribution in [-0.4, -0.2) is 40.2 Å². The minimum absolute atomic E-state index is 0.0137. The van der Waals surface area contributed by atoms with E-state index in [0.717, 1.165) is 45.8 Å². The number of benzene rings is 2. The van der Waals surface area contributed by atoms with Gasteiger partial charge in [0, 0.05) is 38.2 Å². The largest absolute Gasteiger partial charge is 0.433 e. The summed E-state index contributed by atoms with van der Waals surface area (Å²) in [5.74, 6) is 2.10. The summed E-state index contributed by atoms with van der Waals surface area (Å²) in [7, 11) is 0. The normalized spacial score (nSPS) is 17.0. The SMILES string of the molecule is CS.CSCC1CCC(NC(=O)c2cc(Br)cc3cc[nH]c23)CC1.Nc1cc(C(F)(F)F)nc2ccc(Cl)cc12. The van der Waals surface area contributed by atoms with Crippen molar-refractivity contribution in [2.45, 2.75) is 37.9 Å². The van der Waals surface area contributed by atoms with Crippen LogP contribution in [0.25, 0.3) is 21.8 Å². The van der Waals surface area contributed by atoms with Crippen molar-refractivity contribution < 1.29 is 18.0 Å². The third-order valence-electron chi connectivity index (χ3n) is 6.55. The lowest BCUT2D eigenvalue weighted by Gasteiger charge is -2.28. The smallest absolute Gasteiger partial charge is 0.398 e. The minimum Gasteiger partial charge on any atom is -0.398 e. The Labute approximate surface area is 254 Å². The number of hydrogen-bond acceptors (Lipinski definition) is 5. The molecular formula is C28H31BrClF3N4OS2. The van der Waals surface area contributed by atoms with Gasteiger partial charge in [-0.3, -0.25) is 4.79 Å². The van der Waals surface area contributed by atoms with Crippen LogP contribution in [0.1, 0.15) is 41.7 Å². The second-order valence-corrected chi connectivity index (χ2v) is 11.6. The Bertz CT molecular complexity index is 1440. The Hall–Kier alpha value is -2.08. The number of H-pyrrole nitrogens is 1. The van der Waals surface area contributed by atoms with Crippen LogP contribution in [-0.2, 0) is 6.18 Å². The lowest BCUT2D eigenvalue weighted by Crippen LogP contribution is -2.38. The highest BCUT2D eigenvalue weighted by molar-refractivity contribution is 9.10. The molecule has 0 spiro atoms. The minimum atomic E-state index is -4.50. The van der Waals surface area contributed by atoms with Crippen LogP contribution in [0.15, 0.2) is 53.1 Å². The van der Waals surface area contributed by atoms with E-state index in [4.69, 9.17) is 17.3 Å². The second-order valence-electron chi connectivity index (χ2n) is 9.30. The summed E-state index contributed by atoms with van der Waals surface area (Å²) < 4.78 is 38.2. The molecule has 0 aliphatic heterocycles. The van der Waals surface area contributed by atoms with Crippen LogP contribution in [0.4, 0.5) is 18.9 Å². The summed E-state index contributed by atoms with van der Waals surface area (Å²) in [6.45, 7) is 0. The van der Waals surface area contributed by atoms with Gasteiger partial charge >= 0.3 is 6.18 Å². The number of carbonyl (C=O) groups is 1. The first kappa shape index (κ1) is 32.4. The first-order chi connectivity index (χ1) is 19.0. The zero-order chi connectivity index (χ0) is 29.4. The Balaban J connectivity index is 0.000000217. The van der Waals surface area contributed by atoms with Crippen molar-refractivity contribution in [2.75, 3.05) is 24.0 Å². The van der Waals surface area contributed by atoms with Crippen molar-refractivity contribution in [2.24, 2.45) is 5.92 Å². The molecule has 1 saturated carbocycles. The van der Waals surface area contributed by atoms with E-state index >= 15 is 0 Å². The van der Waals surface area contributed by atoms with Gasteiger partial charge in [-0.25, -0.2) is 4.98 Å². The fraction of sp³-hybridized carbons (Fsp3) is 0.357. The topological polar surface area (TPSA) is 83.8 Å².